The summed E-state index contributed by atoms with van der Waals surface area (Å²) in [4.78, 5) is 55.3. The van der Waals surface area contributed by atoms with E-state index >= 15 is 0 Å². The van der Waals surface area contributed by atoms with E-state index in [-0.39, 0.29) is 0 Å². The highest BCUT2D eigenvalue weighted by Gasteiger charge is 2.38. The van der Waals surface area contributed by atoms with E-state index in [0.717, 1.165) is 6.92 Å². The Bertz CT molecular complexity index is 461. The highest BCUT2D eigenvalue weighted by atomic mass is 16.4. The van der Waals surface area contributed by atoms with Gasteiger partial charge in [-0.1, -0.05) is 0 Å². The molecule has 0 aromatic rings. The van der Waals surface area contributed by atoms with E-state index in [1.807, 2.05) is 5.32 Å². The molecule has 1 amide bonds. The summed E-state index contributed by atoms with van der Waals surface area (Å²) in [7, 11) is 0. The maximum Gasteiger partial charge on any atom is 0.326 e. The van der Waals surface area contributed by atoms with Gasteiger partial charge in [0.25, 0.3) is 0 Å². The first-order valence-corrected chi connectivity index (χ1v) is 5.79. The number of carbonyl (C=O) groups excluding carboxylic acids is 2. The number of carboxylic acid groups (broad SMARTS) is 3. The third-order valence-corrected chi connectivity index (χ3v) is 2.55. The second-order valence-corrected chi connectivity index (χ2v) is 4.33. The van der Waals surface area contributed by atoms with Crippen LogP contribution in [-0.2, 0) is 24.0 Å². The number of hydrogen-bond donors (Lipinski definition) is 5. The van der Waals surface area contributed by atoms with Gasteiger partial charge in [-0.15, -0.1) is 0 Å². The van der Waals surface area contributed by atoms with Gasteiger partial charge in [0.05, 0.1) is 24.8 Å². The molecule has 0 aliphatic rings. The van der Waals surface area contributed by atoms with Gasteiger partial charge in [0.1, 0.15) is 6.04 Å². The summed E-state index contributed by atoms with van der Waals surface area (Å²) < 4.78 is 0. The Kier molecular flexibility index (Phi) is 7.00. The quantitative estimate of drug-likeness (QED) is 0.322. The van der Waals surface area contributed by atoms with Crippen molar-refractivity contribution in [1.82, 2.24) is 5.32 Å². The van der Waals surface area contributed by atoms with E-state index in [4.69, 9.17) is 21.1 Å². The van der Waals surface area contributed by atoms with Crippen molar-refractivity contribution in [2.24, 2.45) is 11.7 Å². The van der Waals surface area contributed by atoms with Gasteiger partial charge in [0.15, 0.2) is 5.78 Å². The van der Waals surface area contributed by atoms with E-state index in [1.165, 1.54) is 0 Å². The molecule has 0 radical (unpaired) electrons. The van der Waals surface area contributed by atoms with E-state index < -0.39 is 60.4 Å². The van der Waals surface area contributed by atoms with E-state index in [2.05, 4.69) is 0 Å². The van der Waals surface area contributed by atoms with Crippen LogP contribution in [-0.4, -0.2) is 57.0 Å². The van der Waals surface area contributed by atoms with Crippen LogP contribution in [0.1, 0.15) is 19.8 Å². The summed E-state index contributed by atoms with van der Waals surface area (Å²) >= 11 is 0. The molecule has 0 aliphatic heterocycles. The second-order valence-electron chi connectivity index (χ2n) is 4.33. The maximum atomic E-state index is 12.0. The van der Waals surface area contributed by atoms with Crippen LogP contribution < -0.4 is 11.1 Å². The Morgan fingerprint density at radius 1 is 1.00 bits per heavy atom. The van der Waals surface area contributed by atoms with Gasteiger partial charge in [0, 0.05) is 6.92 Å². The number of ketones is 1. The van der Waals surface area contributed by atoms with Crippen molar-refractivity contribution in [1.29, 1.82) is 0 Å². The molecule has 0 spiro atoms. The van der Waals surface area contributed by atoms with Crippen LogP contribution in [0.15, 0.2) is 0 Å². The standard InChI is InChI=1S/C11H16N2O8/c1-4(14)13-9(11(20)21)5(2-7(15)16)10(19)6(12)3-8(17)18/h5-6,9H,2-3,12H2,1H3,(H,13,14)(H,15,16)(H,17,18)(H,20,21). The fourth-order valence-corrected chi connectivity index (χ4v) is 1.69. The molecule has 3 unspecified atom stereocenters. The molecule has 0 aromatic heterocycles. The third kappa shape index (κ3) is 6.47. The van der Waals surface area contributed by atoms with Gasteiger partial charge in [-0.25, -0.2) is 4.79 Å². The molecule has 0 bridgehead atoms. The monoisotopic (exact) mass is 304 g/mol. The van der Waals surface area contributed by atoms with Crippen LogP contribution in [0, 0.1) is 5.92 Å². The van der Waals surface area contributed by atoms with Gasteiger partial charge in [0.2, 0.25) is 5.91 Å². The van der Waals surface area contributed by atoms with Crippen molar-refractivity contribution in [2.75, 3.05) is 0 Å². The van der Waals surface area contributed by atoms with Gasteiger partial charge < -0.3 is 26.4 Å². The van der Waals surface area contributed by atoms with E-state index in [0.29, 0.717) is 0 Å². The molecular formula is C11H16N2O8. The molecule has 10 nitrogen and oxygen atoms in total. The molecule has 0 aromatic carbocycles. The minimum Gasteiger partial charge on any atom is -0.481 e. The summed E-state index contributed by atoms with van der Waals surface area (Å²) in [6, 6.07) is -3.37. The molecule has 21 heavy (non-hydrogen) atoms. The van der Waals surface area contributed by atoms with Crippen molar-refractivity contribution in [3.8, 4) is 0 Å². The molecule has 10 heteroatoms. The highest BCUT2D eigenvalue weighted by molar-refractivity contribution is 5.96. The van der Waals surface area contributed by atoms with Gasteiger partial charge in [-0.05, 0) is 0 Å². The summed E-state index contributed by atoms with van der Waals surface area (Å²) in [5.41, 5.74) is 5.33. The topological polar surface area (TPSA) is 184 Å². The number of nitrogens with two attached hydrogens (primary N) is 1. The fraction of sp³-hybridized carbons (Fsp3) is 0.545. The minimum absolute atomic E-state index is 0.776. The van der Waals surface area contributed by atoms with Crippen LogP contribution in [0.3, 0.4) is 0 Å². The fourth-order valence-electron chi connectivity index (χ4n) is 1.69. The molecule has 0 heterocycles. The average Bonchev–Trinajstić information content (AvgIpc) is 2.30. The molecule has 3 atom stereocenters. The predicted molar refractivity (Wildman–Crippen MR) is 66.2 cm³/mol. The van der Waals surface area contributed by atoms with Crippen molar-refractivity contribution in [3.05, 3.63) is 0 Å². The van der Waals surface area contributed by atoms with Crippen LogP contribution in [0.25, 0.3) is 0 Å². The predicted octanol–water partition coefficient (Wildman–Crippen LogP) is -1.96. The Labute approximate surface area is 118 Å². The van der Waals surface area contributed by atoms with Crippen molar-refractivity contribution in [2.45, 2.75) is 31.8 Å². The Morgan fingerprint density at radius 3 is 1.81 bits per heavy atom. The van der Waals surface area contributed by atoms with Crippen molar-refractivity contribution >= 4 is 29.6 Å². The lowest BCUT2D eigenvalue weighted by Gasteiger charge is -2.24. The lowest BCUT2D eigenvalue weighted by atomic mass is 9.87. The minimum atomic E-state index is -1.80. The van der Waals surface area contributed by atoms with E-state index in [1.54, 1.807) is 0 Å². The van der Waals surface area contributed by atoms with Crippen molar-refractivity contribution < 1.29 is 39.3 Å². The molecule has 0 saturated heterocycles. The highest BCUT2D eigenvalue weighted by Crippen LogP contribution is 2.15. The van der Waals surface area contributed by atoms with Gasteiger partial charge in [-0.3, -0.25) is 19.2 Å². The number of rotatable bonds is 9. The molecule has 0 fully saturated rings. The summed E-state index contributed by atoms with van der Waals surface area (Å²) in [6.45, 7) is 0.995. The number of carbonyl (C=O) groups is 5. The van der Waals surface area contributed by atoms with Crippen LogP contribution in [0.4, 0.5) is 0 Å². The normalized spacial score (nSPS) is 14.6. The van der Waals surface area contributed by atoms with E-state index in [9.17, 15) is 24.0 Å². The Hall–Kier alpha value is -2.49. The molecule has 118 valence electrons. The largest absolute Gasteiger partial charge is 0.481 e. The maximum absolute atomic E-state index is 12.0. The molecule has 6 N–H and O–H groups in total. The lowest BCUT2D eigenvalue weighted by Crippen LogP contribution is -2.52. The smallest absolute Gasteiger partial charge is 0.326 e. The number of amides is 1. The molecule has 0 aliphatic carbocycles. The Balaban J connectivity index is 5.36. The SMILES string of the molecule is CC(=O)NC(C(=O)O)C(CC(=O)O)C(=O)C(N)CC(=O)O. The summed E-state index contributed by atoms with van der Waals surface area (Å²) in [6.07, 6.45) is -1.68. The zero-order chi connectivity index (χ0) is 16.7. The summed E-state index contributed by atoms with van der Waals surface area (Å²) in [5.74, 6) is -7.99. The van der Waals surface area contributed by atoms with Crippen LogP contribution in [0.5, 0.6) is 0 Å². The zero-order valence-corrected chi connectivity index (χ0v) is 11.1. The number of Topliss-reactive ketones (excluding diaryl/α,β-unsaturated/α-hetero) is 1. The molecular weight excluding hydrogens is 288 g/mol. The first-order chi connectivity index (χ1) is 9.56. The second kappa shape index (κ2) is 7.94. The van der Waals surface area contributed by atoms with Crippen molar-refractivity contribution in [3.63, 3.8) is 0 Å². The zero-order valence-electron chi connectivity index (χ0n) is 11.1. The number of nitrogens with one attached hydrogen (secondary N) is 1. The Morgan fingerprint density at radius 2 is 1.48 bits per heavy atom. The third-order valence-electron chi connectivity index (χ3n) is 2.55. The first kappa shape index (κ1) is 18.5. The lowest BCUT2D eigenvalue weighted by molar-refractivity contribution is -0.149. The van der Waals surface area contributed by atoms with Gasteiger partial charge in [-0.2, -0.15) is 0 Å². The van der Waals surface area contributed by atoms with Gasteiger partial charge >= 0.3 is 17.9 Å². The number of carboxylic acids is 3. The molecule has 0 saturated carbocycles. The number of hydrogen-bond acceptors (Lipinski definition) is 6. The average molecular weight is 304 g/mol. The number of aliphatic carboxylic acids is 3. The van der Waals surface area contributed by atoms with Crippen LogP contribution in [0.2, 0.25) is 0 Å². The first-order valence-electron chi connectivity index (χ1n) is 5.79. The van der Waals surface area contributed by atoms with Crippen LogP contribution >= 0.6 is 0 Å². The molecule has 0 rings (SSSR count). The summed E-state index contributed by atoms with van der Waals surface area (Å²) in [5, 5.41) is 28.3.